The van der Waals surface area contributed by atoms with Crippen molar-refractivity contribution in [3.05, 3.63) is 68.4 Å². The fraction of sp³-hybridized carbons (Fsp3) is 0.0769. The van der Waals surface area contributed by atoms with Crippen molar-refractivity contribution in [2.45, 2.75) is 6.61 Å². The molecule has 2 aromatic rings. The zero-order chi connectivity index (χ0) is 13.8. The van der Waals surface area contributed by atoms with Gasteiger partial charge in [0.15, 0.2) is 0 Å². The normalized spacial score (nSPS) is 10.2. The molecule has 0 atom stereocenters. The third-order valence-electron chi connectivity index (χ3n) is 2.43. The fourth-order valence-electron chi connectivity index (χ4n) is 1.55. The van der Waals surface area contributed by atoms with Gasteiger partial charge in [-0.2, -0.15) is 0 Å². The molecule has 0 radical (unpaired) electrons. The highest BCUT2D eigenvalue weighted by Gasteiger charge is 2.14. The first-order valence-electron chi connectivity index (χ1n) is 5.37. The van der Waals surface area contributed by atoms with Gasteiger partial charge in [0.2, 0.25) is 0 Å². The number of hydrogen-bond acceptors (Lipinski definition) is 3. The summed E-state index contributed by atoms with van der Waals surface area (Å²) >= 11 is 3.18. The van der Waals surface area contributed by atoms with Crippen LogP contribution >= 0.6 is 15.9 Å². The molecule has 0 saturated heterocycles. The van der Waals surface area contributed by atoms with Crippen LogP contribution in [-0.4, -0.2) is 4.92 Å². The highest BCUT2D eigenvalue weighted by Crippen LogP contribution is 2.25. The minimum absolute atomic E-state index is 0.00699. The maximum absolute atomic E-state index is 13.0. The molecule has 2 rings (SSSR count). The van der Waals surface area contributed by atoms with Gasteiger partial charge >= 0.3 is 0 Å². The largest absolute Gasteiger partial charge is 0.489 e. The number of ether oxygens (including phenoxy) is 1. The molecular formula is C13H9BrFNO3. The Labute approximate surface area is 117 Å². The Kier molecular flexibility index (Phi) is 4.11. The van der Waals surface area contributed by atoms with E-state index in [1.807, 2.05) is 0 Å². The molecule has 0 unspecified atom stereocenters. The molecule has 0 amide bonds. The Morgan fingerprint density at radius 3 is 2.74 bits per heavy atom. The summed E-state index contributed by atoms with van der Waals surface area (Å²) in [5.74, 6) is -0.0833. The van der Waals surface area contributed by atoms with Crippen molar-refractivity contribution < 1.29 is 14.1 Å². The lowest BCUT2D eigenvalue weighted by Gasteiger charge is -2.07. The van der Waals surface area contributed by atoms with Crippen LogP contribution in [0.2, 0.25) is 0 Å². The van der Waals surface area contributed by atoms with E-state index in [-0.39, 0.29) is 12.3 Å². The molecule has 98 valence electrons. The average molecular weight is 326 g/mol. The summed E-state index contributed by atoms with van der Waals surface area (Å²) in [5.41, 5.74) is 0.392. The molecule has 0 aromatic heterocycles. The summed E-state index contributed by atoms with van der Waals surface area (Å²) in [6.45, 7) is 0.00699. The first kappa shape index (κ1) is 13.5. The molecule has 19 heavy (non-hydrogen) atoms. The van der Waals surface area contributed by atoms with Gasteiger partial charge in [0.05, 0.1) is 10.5 Å². The van der Waals surface area contributed by atoms with Crippen LogP contribution in [-0.2, 0) is 6.61 Å². The van der Waals surface area contributed by atoms with Crippen LogP contribution in [0.4, 0.5) is 10.1 Å². The van der Waals surface area contributed by atoms with E-state index in [0.717, 1.165) is 0 Å². The number of benzene rings is 2. The number of nitro groups is 1. The van der Waals surface area contributed by atoms with Gasteiger partial charge in [-0.25, -0.2) is 4.39 Å². The van der Waals surface area contributed by atoms with E-state index in [1.54, 1.807) is 18.2 Å². The van der Waals surface area contributed by atoms with E-state index in [0.29, 0.717) is 15.8 Å². The molecule has 0 N–H and O–H groups in total. The van der Waals surface area contributed by atoms with Gasteiger partial charge in [-0.3, -0.25) is 10.1 Å². The summed E-state index contributed by atoms with van der Waals surface area (Å²) in [7, 11) is 0. The highest BCUT2D eigenvalue weighted by molar-refractivity contribution is 9.10. The van der Waals surface area contributed by atoms with Crippen LogP contribution in [0.15, 0.2) is 46.9 Å². The maximum Gasteiger partial charge on any atom is 0.277 e. The summed E-state index contributed by atoms with van der Waals surface area (Å²) in [6.07, 6.45) is 0. The zero-order valence-corrected chi connectivity index (χ0v) is 11.3. The van der Waals surface area contributed by atoms with E-state index in [2.05, 4.69) is 15.9 Å². The van der Waals surface area contributed by atoms with Crippen LogP contribution in [0.5, 0.6) is 5.75 Å². The first-order valence-corrected chi connectivity index (χ1v) is 6.17. The summed E-state index contributed by atoms with van der Waals surface area (Å²) in [5, 5.41) is 10.9. The molecule has 0 saturated carbocycles. The standard InChI is InChI=1S/C13H9BrFNO3/c14-10-5-4-9(13(6-10)16(17)18)8-19-12-3-1-2-11(15)7-12/h1-7H,8H2. The predicted molar refractivity (Wildman–Crippen MR) is 71.5 cm³/mol. The summed E-state index contributed by atoms with van der Waals surface area (Å²) in [4.78, 5) is 10.4. The van der Waals surface area contributed by atoms with Gasteiger partial charge in [-0.05, 0) is 24.3 Å². The lowest BCUT2D eigenvalue weighted by Crippen LogP contribution is -2.00. The minimum atomic E-state index is -0.477. The molecule has 0 fully saturated rings. The Morgan fingerprint density at radius 1 is 1.26 bits per heavy atom. The quantitative estimate of drug-likeness (QED) is 0.628. The third kappa shape index (κ3) is 3.51. The lowest BCUT2D eigenvalue weighted by molar-refractivity contribution is -0.385. The molecule has 6 heteroatoms. The second kappa shape index (κ2) is 5.79. The van der Waals surface area contributed by atoms with E-state index >= 15 is 0 Å². The predicted octanol–water partition coefficient (Wildman–Crippen LogP) is 4.08. The number of nitro benzene ring substituents is 1. The van der Waals surface area contributed by atoms with Crippen LogP contribution in [0, 0.1) is 15.9 Å². The number of hydrogen-bond donors (Lipinski definition) is 0. The first-order chi connectivity index (χ1) is 9.06. The minimum Gasteiger partial charge on any atom is -0.489 e. The molecule has 0 spiro atoms. The van der Waals surface area contributed by atoms with Crippen LogP contribution in [0.3, 0.4) is 0 Å². The van der Waals surface area contributed by atoms with Crippen LogP contribution in [0.25, 0.3) is 0 Å². The smallest absolute Gasteiger partial charge is 0.277 e. The second-order valence-electron chi connectivity index (χ2n) is 3.78. The van der Waals surface area contributed by atoms with Gasteiger partial charge in [0.25, 0.3) is 5.69 Å². The fourth-order valence-corrected chi connectivity index (χ4v) is 1.90. The monoisotopic (exact) mass is 325 g/mol. The van der Waals surface area contributed by atoms with Crippen molar-refractivity contribution in [2.24, 2.45) is 0 Å². The Morgan fingerprint density at radius 2 is 2.05 bits per heavy atom. The topological polar surface area (TPSA) is 52.4 Å². The Balaban J connectivity index is 2.17. The molecule has 0 aliphatic heterocycles. The van der Waals surface area contributed by atoms with Crippen molar-refractivity contribution in [3.8, 4) is 5.75 Å². The van der Waals surface area contributed by atoms with Gasteiger partial charge < -0.3 is 4.74 Å². The molecule has 0 aliphatic carbocycles. The average Bonchev–Trinajstić information content (AvgIpc) is 2.37. The molecule has 4 nitrogen and oxygen atoms in total. The van der Waals surface area contributed by atoms with Crippen molar-refractivity contribution in [1.82, 2.24) is 0 Å². The molecule has 0 aliphatic rings. The van der Waals surface area contributed by atoms with Crippen molar-refractivity contribution >= 4 is 21.6 Å². The van der Waals surface area contributed by atoms with Crippen LogP contribution in [0.1, 0.15) is 5.56 Å². The Hall–Kier alpha value is -1.95. The second-order valence-corrected chi connectivity index (χ2v) is 4.69. The Bertz CT molecular complexity index is 619. The maximum atomic E-state index is 13.0. The number of rotatable bonds is 4. The number of nitrogens with zero attached hydrogens (tertiary/aromatic N) is 1. The molecular weight excluding hydrogens is 317 g/mol. The highest BCUT2D eigenvalue weighted by atomic mass is 79.9. The molecule has 2 aromatic carbocycles. The lowest BCUT2D eigenvalue weighted by atomic mass is 10.2. The third-order valence-corrected chi connectivity index (χ3v) is 2.93. The number of halogens is 2. The molecule has 0 bridgehead atoms. The van der Waals surface area contributed by atoms with Gasteiger partial charge in [-0.15, -0.1) is 0 Å². The summed E-state index contributed by atoms with van der Waals surface area (Å²) in [6, 6.07) is 10.3. The van der Waals surface area contributed by atoms with E-state index in [4.69, 9.17) is 4.74 Å². The van der Waals surface area contributed by atoms with Gasteiger partial charge in [-0.1, -0.05) is 22.0 Å². The summed E-state index contributed by atoms with van der Waals surface area (Å²) < 4.78 is 18.9. The van der Waals surface area contributed by atoms with Crippen LogP contribution < -0.4 is 4.74 Å². The van der Waals surface area contributed by atoms with Gasteiger partial charge in [0.1, 0.15) is 18.2 Å². The van der Waals surface area contributed by atoms with E-state index in [9.17, 15) is 14.5 Å². The van der Waals surface area contributed by atoms with Crippen molar-refractivity contribution in [1.29, 1.82) is 0 Å². The SMILES string of the molecule is O=[N+]([O-])c1cc(Br)ccc1COc1cccc(F)c1. The molecule has 0 heterocycles. The van der Waals surface area contributed by atoms with E-state index < -0.39 is 10.7 Å². The van der Waals surface area contributed by atoms with Gasteiger partial charge in [0, 0.05) is 16.6 Å². The van der Waals surface area contributed by atoms with Crippen molar-refractivity contribution in [3.63, 3.8) is 0 Å². The van der Waals surface area contributed by atoms with Crippen molar-refractivity contribution in [2.75, 3.05) is 0 Å². The zero-order valence-electron chi connectivity index (χ0n) is 9.68. The van der Waals surface area contributed by atoms with E-state index in [1.165, 1.54) is 24.3 Å².